The zero-order valence-electron chi connectivity index (χ0n) is 11.9. The van der Waals surface area contributed by atoms with E-state index in [1.165, 1.54) is 16.7 Å². The largest absolute Gasteiger partial charge is 0.489 e. The molecular formula is C17H22NO2+. The third-order valence-corrected chi connectivity index (χ3v) is 3.16. The van der Waals surface area contributed by atoms with E-state index < -0.39 is 0 Å². The first-order valence-electron chi connectivity index (χ1n) is 6.98. The van der Waals surface area contributed by atoms with Crippen LogP contribution in [0.5, 0.6) is 5.75 Å². The maximum Gasteiger partial charge on any atom is 0.119 e. The van der Waals surface area contributed by atoms with Crippen LogP contribution < -0.4 is 10.1 Å². The van der Waals surface area contributed by atoms with Gasteiger partial charge in [0.1, 0.15) is 18.9 Å². The van der Waals surface area contributed by atoms with Crippen molar-refractivity contribution in [3.05, 3.63) is 65.2 Å². The first kappa shape index (κ1) is 14.6. The van der Waals surface area contributed by atoms with Gasteiger partial charge in [0.15, 0.2) is 0 Å². The average Bonchev–Trinajstić information content (AvgIpc) is 2.48. The van der Waals surface area contributed by atoms with Gasteiger partial charge in [0.05, 0.1) is 13.2 Å². The lowest BCUT2D eigenvalue weighted by molar-refractivity contribution is -0.671. The van der Waals surface area contributed by atoms with Crippen molar-refractivity contribution < 1.29 is 15.2 Å². The van der Waals surface area contributed by atoms with Crippen LogP contribution in [0.15, 0.2) is 48.5 Å². The minimum Gasteiger partial charge on any atom is -0.489 e. The smallest absolute Gasteiger partial charge is 0.119 e. The second kappa shape index (κ2) is 7.68. The number of quaternary nitrogens is 1. The van der Waals surface area contributed by atoms with Gasteiger partial charge in [-0.2, -0.15) is 0 Å². The van der Waals surface area contributed by atoms with Gasteiger partial charge >= 0.3 is 0 Å². The number of aryl methyl sites for hydroxylation is 1. The van der Waals surface area contributed by atoms with Crippen molar-refractivity contribution in [3.63, 3.8) is 0 Å². The summed E-state index contributed by atoms with van der Waals surface area (Å²) in [5.74, 6) is 0.886. The van der Waals surface area contributed by atoms with Crippen LogP contribution in [0.2, 0.25) is 0 Å². The van der Waals surface area contributed by atoms with E-state index in [4.69, 9.17) is 9.84 Å². The van der Waals surface area contributed by atoms with Gasteiger partial charge in [-0.25, -0.2) is 0 Å². The Hall–Kier alpha value is -1.84. The van der Waals surface area contributed by atoms with Gasteiger partial charge in [0.2, 0.25) is 0 Å². The molecule has 0 aromatic heterocycles. The van der Waals surface area contributed by atoms with E-state index in [0.29, 0.717) is 6.61 Å². The molecule has 0 unspecified atom stereocenters. The third kappa shape index (κ3) is 4.68. The van der Waals surface area contributed by atoms with Gasteiger partial charge in [0.25, 0.3) is 0 Å². The number of hydrogen-bond donors (Lipinski definition) is 2. The average molecular weight is 272 g/mol. The second-order valence-electron chi connectivity index (χ2n) is 4.92. The SMILES string of the molecule is Cc1ccc(COc2ccc(C[NH2+]CCO)cc2)cc1. The molecule has 2 aromatic rings. The highest BCUT2D eigenvalue weighted by Crippen LogP contribution is 2.14. The van der Waals surface area contributed by atoms with E-state index in [1.807, 2.05) is 12.1 Å². The number of nitrogens with two attached hydrogens (primary N) is 1. The van der Waals surface area contributed by atoms with Gasteiger partial charge in [-0.15, -0.1) is 0 Å². The zero-order valence-corrected chi connectivity index (χ0v) is 11.9. The molecule has 0 bridgehead atoms. The van der Waals surface area contributed by atoms with Crippen molar-refractivity contribution in [2.75, 3.05) is 13.2 Å². The summed E-state index contributed by atoms with van der Waals surface area (Å²) in [5, 5.41) is 10.8. The molecule has 0 saturated heterocycles. The number of benzene rings is 2. The van der Waals surface area contributed by atoms with Crippen molar-refractivity contribution >= 4 is 0 Å². The van der Waals surface area contributed by atoms with E-state index in [2.05, 4.69) is 48.6 Å². The molecule has 0 aliphatic heterocycles. The van der Waals surface area contributed by atoms with Crippen LogP contribution in [0.4, 0.5) is 0 Å². The lowest BCUT2D eigenvalue weighted by atomic mass is 10.2. The summed E-state index contributed by atoms with van der Waals surface area (Å²) < 4.78 is 5.76. The Morgan fingerprint density at radius 2 is 1.60 bits per heavy atom. The number of aliphatic hydroxyl groups excluding tert-OH is 1. The summed E-state index contributed by atoms with van der Waals surface area (Å²) >= 11 is 0. The van der Waals surface area contributed by atoms with Crippen molar-refractivity contribution in [3.8, 4) is 5.75 Å². The molecule has 0 atom stereocenters. The Balaban J connectivity index is 1.82. The van der Waals surface area contributed by atoms with Gasteiger partial charge in [-0.3, -0.25) is 0 Å². The van der Waals surface area contributed by atoms with E-state index in [0.717, 1.165) is 18.8 Å². The first-order valence-corrected chi connectivity index (χ1v) is 6.98. The molecule has 3 nitrogen and oxygen atoms in total. The number of ether oxygens (including phenoxy) is 1. The maximum atomic E-state index is 8.73. The Bertz CT molecular complexity index is 506. The quantitative estimate of drug-likeness (QED) is 0.753. The zero-order chi connectivity index (χ0) is 14.2. The molecule has 0 heterocycles. The summed E-state index contributed by atoms with van der Waals surface area (Å²) in [6, 6.07) is 16.5. The molecule has 3 heteroatoms. The highest BCUT2D eigenvalue weighted by atomic mass is 16.5. The molecule has 0 saturated carbocycles. The fraction of sp³-hybridized carbons (Fsp3) is 0.294. The van der Waals surface area contributed by atoms with E-state index in [9.17, 15) is 0 Å². The number of rotatable bonds is 7. The molecular weight excluding hydrogens is 250 g/mol. The molecule has 20 heavy (non-hydrogen) atoms. The molecule has 0 aliphatic rings. The minimum absolute atomic E-state index is 0.220. The summed E-state index contributed by atoms with van der Waals surface area (Å²) in [6.07, 6.45) is 0. The van der Waals surface area contributed by atoms with Gasteiger partial charge in [-0.1, -0.05) is 29.8 Å². The Morgan fingerprint density at radius 1 is 0.950 bits per heavy atom. The molecule has 2 rings (SSSR count). The van der Waals surface area contributed by atoms with Gasteiger partial charge < -0.3 is 15.2 Å². The monoisotopic (exact) mass is 272 g/mol. The number of aliphatic hydroxyl groups is 1. The lowest BCUT2D eigenvalue weighted by Gasteiger charge is -2.07. The lowest BCUT2D eigenvalue weighted by Crippen LogP contribution is -2.83. The van der Waals surface area contributed by atoms with Crippen LogP contribution in [-0.2, 0) is 13.2 Å². The second-order valence-corrected chi connectivity index (χ2v) is 4.92. The highest BCUT2D eigenvalue weighted by Gasteiger charge is 1.98. The highest BCUT2D eigenvalue weighted by molar-refractivity contribution is 5.27. The van der Waals surface area contributed by atoms with Crippen LogP contribution in [0, 0.1) is 6.92 Å². The molecule has 0 fully saturated rings. The van der Waals surface area contributed by atoms with Crippen LogP contribution in [-0.4, -0.2) is 18.3 Å². The summed E-state index contributed by atoms with van der Waals surface area (Å²) in [4.78, 5) is 0. The Morgan fingerprint density at radius 3 is 2.25 bits per heavy atom. The Kier molecular flexibility index (Phi) is 5.59. The van der Waals surface area contributed by atoms with Gasteiger partial charge in [0, 0.05) is 5.56 Å². The van der Waals surface area contributed by atoms with Crippen LogP contribution in [0.25, 0.3) is 0 Å². The number of hydrogen-bond acceptors (Lipinski definition) is 2. The van der Waals surface area contributed by atoms with Crippen LogP contribution in [0.1, 0.15) is 16.7 Å². The topological polar surface area (TPSA) is 46.1 Å². The van der Waals surface area contributed by atoms with Crippen molar-refractivity contribution in [2.45, 2.75) is 20.1 Å². The fourth-order valence-electron chi connectivity index (χ4n) is 1.93. The summed E-state index contributed by atoms with van der Waals surface area (Å²) in [6.45, 7) is 4.52. The summed E-state index contributed by atoms with van der Waals surface area (Å²) in [7, 11) is 0. The van der Waals surface area contributed by atoms with Gasteiger partial charge in [-0.05, 0) is 36.8 Å². The molecule has 0 amide bonds. The van der Waals surface area contributed by atoms with E-state index in [-0.39, 0.29) is 6.61 Å². The molecule has 106 valence electrons. The third-order valence-electron chi connectivity index (χ3n) is 3.16. The van der Waals surface area contributed by atoms with Crippen molar-refractivity contribution in [2.24, 2.45) is 0 Å². The maximum absolute atomic E-state index is 8.73. The minimum atomic E-state index is 0.220. The van der Waals surface area contributed by atoms with Crippen LogP contribution in [0.3, 0.4) is 0 Å². The van der Waals surface area contributed by atoms with Crippen molar-refractivity contribution in [1.29, 1.82) is 0 Å². The molecule has 0 spiro atoms. The normalized spacial score (nSPS) is 10.5. The van der Waals surface area contributed by atoms with E-state index in [1.54, 1.807) is 0 Å². The predicted octanol–water partition coefficient (Wildman–Crippen LogP) is 1.63. The predicted molar refractivity (Wildman–Crippen MR) is 79.5 cm³/mol. The molecule has 2 aromatic carbocycles. The van der Waals surface area contributed by atoms with E-state index >= 15 is 0 Å². The standard InChI is InChI=1S/C17H21NO2/c1-14-2-4-16(5-3-14)13-20-17-8-6-15(7-9-17)12-18-10-11-19/h2-9,18-19H,10-13H2,1H3/p+1. The molecule has 0 radical (unpaired) electrons. The molecule has 3 N–H and O–H groups in total. The van der Waals surface area contributed by atoms with Crippen molar-refractivity contribution in [1.82, 2.24) is 0 Å². The summed E-state index contributed by atoms with van der Waals surface area (Å²) in [5.41, 5.74) is 3.68. The molecule has 0 aliphatic carbocycles. The van der Waals surface area contributed by atoms with Crippen LogP contribution >= 0.6 is 0 Å². The first-order chi connectivity index (χ1) is 9.78. The fourth-order valence-corrected chi connectivity index (χ4v) is 1.93. The Labute approximate surface area is 120 Å².